The summed E-state index contributed by atoms with van der Waals surface area (Å²) in [7, 11) is 0. The molecule has 1 heterocycles. The van der Waals surface area contributed by atoms with E-state index in [9.17, 15) is 14.4 Å². The summed E-state index contributed by atoms with van der Waals surface area (Å²) in [4.78, 5) is 38.3. The van der Waals surface area contributed by atoms with Gasteiger partial charge in [-0.05, 0) is 37.0 Å². The quantitative estimate of drug-likeness (QED) is 0.334. The van der Waals surface area contributed by atoms with Crippen LogP contribution in [0.1, 0.15) is 40.7 Å². The zero-order valence-electron chi connectivity index (χ0n) is 17.8. The zero-order valence-corrected chi connectivity index (χ0v) is 17.8. The lowest BCUT2D eigenvalue weighted by molar-refractivity contribution is -0.142. The highest BCUT2D eigenvalue weighted by Crippen LogP contribution is 2.27. The number of amides is 2. The molecule has 5 N–H and O–H groups in total. The summed E-state index contributed by atoms with van der Waals surface area (Å²) in [5.41, 5.74) is 7.50. The van der Waals surface area contributed by atoms with Gasteiger partial charge in [-0.1, -0.05) is 42.5 Å². The number of hydrogen-bond acceptors (Lipinski definition) is 4. The van der Waals surface area contributed by atoms with E-state index in [1.807, 2.05) is 30.3 Å². The minimum Gasteiger partial charge on any atom is -0.481 e. The Morgan fingerprint density at radius 2 is 1.84 bits per heavy atom. The number of benzene rings is 2. The number of nitrogen functional groups attached to an aromatic ring is 1. The SMILES string of the molecule is N=C(N)c1cccc(C(=O)NC[C@@H]2C[C@@H](CC(=O)O)C(=O)N2CCCc2ccccc2)c1. The molecule has 2 aromatic rings. The van der Waals surface area contributed by atoms with Crippen LogP contribution in [0.5, 0.6) is 0 Å². The molecule has 1 aliphatic heterocycles. The van der Waals surface area contributed by atoms with Gasteiger partial charge in [-0.25, -0.2) is 0 Å². The second-order valence-electron chi connectivity index (χ2n) is 8.01. The Labute approximate surface area is 186 Å². The third-order valence-electron chi connectivity index (χ3n) is 5.69. The predicted molar refractivity (Wildman–Crippen MR) is 120 cm³/mol. The molecule has 32 heavy (non-hydrogen) atoms. The number of carboxylic acids is 1. The fourth-order valence-corrected chi connectivity index (χ4v) is 4.08. The summed E-state index contributed by atoms with van der Waals surface area (Å²) in [6.07, 6.45) is 1.75. The number of rotatable bonds is 10. The molecule has 0 aromatic heterocycles. The first-order valence-corrected chi connectivity index (χ1v) is 10.6. The number of aryl methyl sites for hydroxylation is 1. The van der Waals surface area contributed by atoms with Crippen LogP contribution in [0.25, 0.3) is 0 Å². The van der Waals surface area contributed by atoms with Crippen LogP contribution >= 0.6 is 0 Å². The number of aliphatic carboxylic acids is 1. The van der Waals surface area contributed by atoms with Crippen molar-refractivity contribution in [2.75, 3.05) is 13.1 Å². The number of nitrogens with one attached hydrogen (secondary N) is 2. The molecule has 8 heteroatoms. The van der Waals surface area contributed by atoms with E-state index in [0.29, 0.717) is 24.1 Å². The van der Waals surface area contributed by atoms with E-state index in [0.717, 1.165) is 12.8 Å². The van der Waals surface area contributed by atoms with Gasteiger partial charge in [-0.2, -0.15) is 0 Å². The van der Waals surface area contributed by atoms with Crippen molar-refractivity contribution in [3.05, 3.63) is 71.3 Å². The molecule has 168 valence electrons. The smallest absolute Gasteiger partial charge is 0.304 e. The first kappa shape index (κ1) is 23.0. The van der Waals surface area contributed by atoms with E-state index < -0.39 is 11.9 Å². The van der Waals surface area contributed by atoms with Crippen molar-refractivity contribution in [1.82, 2.24) is 10.2 Å². The van der Waals surface area contributed by atoms with Gasteiger partial charge in [0.05, 0.1) is 12.3 Å². The summed E-state index contributed by atoms with van der Waals surface area (Å²) in [6, 6.07) is 16.2. The van der Waals surface area contributed by atoms with E-state index in [1.165, 1.54) is 5.56 Å². The van der Waals surface area contributed by atoms with Gasteiger partial charge in [-0.3, -0.25) is 19.8 Å². The molecule has 0 saturated carbocycles. The van der Waals surface area contributed by atoms with Gasteiger partial charge in [-0.15, -0.1) is 0 Å². The maximum Gasteiger partial charge on any atom is 0.304 e. The number of likely N-dealkylation sites (tertiary alicyclic amines) is 1. The third-order valence-corrected chi connectivity index (χ3v) is 5.69. The first-order chi connectivity index (χ1) is 15.3. The van der Waals surface area contributed by atoms with Crippen molar-refractivity contribution in [2.24, 2.45) is 11.7 Å². The molecule has 2 amide bonds. The van der Waals surface area contributed by atoms with Crippen molar-refractivity contribution in [3.63, 3.8) is 0 Å². The Morgan fingerprint density at radius 3 is 2.53 bits per heavy atom. The zero-order chi connectivity index (χ0) is 23.1. The number of nitrogens with zero attached hydrogens (tertiary/aromatic N) is 1. The minimum atomic E-state index is -1.00. The molecule has 0 spiro atoms. The Balaban J connectivity index is 1.63. The highest BCUT2D eigenvalue weighted by atomic mass is 16.4. The largest absolute Gasteiger partial charge is 0.481 e. The fraction of sp³-hybridized carbons (Fsp3) is 0.333. The van der Waals surface area contributed by atoms with E-state index in [-0.39, 0.29) is 36.7 Å². The monoisotopic (exact) mass is 436 g/mol. The average Bonchev–Trinajstić information content (AvgIpc) is 3.07. The van der Waals surface area contributed by atoms with E-state index in [1.54, 1.807) is 29.2 Å². The normalized spacial score (nSPS) is 17.9. The number of carbonyl (C=O) groups is 3. The second kappa shape index (κ2) is 10.6. The number of carboxylic acid groups (broad SMARTS) is 1. The molecule has 3 rings (SSSR count). The summed E-state index contributed by atoms with van der Waals surface area (Å²) in [6.45, 7) is 0.737. The lowest BCUT2D eigenvalue weighted by Crippen LogP contribution is -2.42. The van der Waals surface area contributed by atoms with Crippen LogP contribution < -0.4 is 11.1 Å². The predicted octanol–water partition coefficient (Wildman–Crippen LogP) is 2.03. The molecule has 8 nitrogen and oxygen atoms in total. The van der Waals surface area contributed by atoms with Crippen molar-refractivity contribution < 1.29 is 19.5 Å². The van der Waals surface area contributed by atoms with Crippen LogP contribution in [0.15, 0.2) is 54.6 Å². The summed E-state index contributed by atoms with van der Waals surface area (Å²) in [5, 5.41) is 19.5. The number of carbonyl (C=O) groups excluding carboxylic acids is 2. The molecule has 0 radical (unpaired) electrons. The first-order valence-electron chi connectivity index (χ1n) is 10.6. The number of amidine groups is 1. The van der Waals surface area contributed by atoms with Gasteiger partial charge < -0.3 is 21.1 Å². The van der Waals surface area contributed by atoms with Gasteiger partial charge >= 0.3 is 5.97 Å². The molecule has 2 aromatic carbocycles. The van der Waals surface area contributed by atoms with E-state index in [4.69, 9.17) is 16.2 Å². The molecule has 1 fully saturated rings. The summed E-state index contributed by atoms with van der Waals surface area (Å²) >= 11 is 0. The second-order valence-corrected chi connectivity index (χ2v) is 8.01. The molecular weight excluding hydrogens is 408 g/mol. The van der Waals surface area contributed by atoms with Crippen LogP contribution in [-0.4, -0.2) is 52.8 Å². The van der Waals surface area contributed by atoms with E-state index >= 15 is 0 Å². The standard InChI is InChI=1S/C24H28N4O4/c25-22(26)17-9-4-10-18(12-17)23(31)27-15-20-13-19(14-21(29)30)24(32)28(20)11-5-8-16-6-2-1-3-7-16/h1-4,6-7,9-10,12,19-20H,5,8,11,13-15H2,(H3,25,26)(H,27,31)(H,29,30)/t19-,20-/m0/s1. The lowest BCUT2D eigenvalue weighted by Gasteiger charge is -2.25. The molecule has 1 aliphatic rings. The van der Waals surface area contributed by atoms with Gasteiger partial charge in [0.2, 0.25) is 5.91 Å². The number of hydrogen-bond donors (Lipinski definition) is 4. The maximum absolute atomic E-state index is 12.8. The highest BCUT2D eigenvalue weighted by Gasteiger charge is 2.40. The average molecular weight is 437 g/mol. The van der Waals surface area contributed by atoms with Crippen molar-refractivity contribution in [1.29, 1.82) is 5.41 Å². The Morgan fingerprint density at radius 1 is 1.12 bits per heavy atom. The van der Waals surface area contributed by atoms with Gasteiger partial charge in [0.25, 0.3) is 5.91 Å². The summed E-state index contributed by atoms with van der Waals surface area (Å²) < 4.78 is 0. The topological polar surface area (TPSA) is 137 Å². The highest BCUT2D eigenvalue weighted by molar-refractivity contribution is 6.00. The molecule has 1 saturated heterocycles. The fourth-order valence-electron chi connectivity index (χ4n) is 4.08. The summed E-state index contributed by atoms with van der Waals surface area (Å²) in [5.74, 6) is -2.20. The van der Waals surface area contributed by atoms with Crippen molar-refractivity contribution in [3.8, 4) is 0 Å². The maximum atomic E-state index is 12.8. The van der Waals surface area contributed by atoms with Crippen molar-refractivity contribution >= 4 is 23.6 Å². The van der Waals surface area contributed by atoms with Crippen LogP contribution in [0.2, 0.25) is 0 Å². The Kier molecular flexibility index (Phi) is 7.59. The van der Waals surface area contributed by atoms with Crippen LogP contribution in [0.4, 0.5) is 0 Å². The van der Waals surface area contributed by atoms with Gasteiger partial charge in [0.15, 0.2) is 0 Å². The minimum absolute atomic E-state index is 0.123. The van der Waals surface area contributed by atoms with E-state index in [2.05, 4.69) is 5.32 Å². The molecule has 0 unspecified atom stereocenters. The number of nitrogens with two attached hydrogens (primary N) is 1. The van der Waals surface area contributed by atoms with Crippen LogP contribution in [-0.2, 0) is 16.0 Å². The Bertz CT molecular complexity index is 993. The van der Waals surface area contributed by atoms with Gasteiger partial charge in [0, 0.05) is 30.3 Å². The molecule has 0 aliphatic carbocycles. The van der Waals surface area contributed by atoms with Gasteiger partial charge in [0.1, 0.15) is 5.84 Å². The van der Waals surface area contributed by atoms with Crippen LogP contribution in [0, 0.1) is 11.3 Å². The van der Waals surface area contributed by atoms with Crippen molar-refractivity contribution in [2.45, 2.75) is 31.7 Å². The third kappa shape index (κ3) is 5.94. The molecular formula is C24H28N4O4. The van der Waals surface area contributed by atoms with Crippen LogP contribution in [0.3, 0.4) is 0 Å². The molecule has 2 atom stereocenters. The Hall–Kier alpha value is -3.68. The lowest BCUT2D eigenvalue weighted by atomic mass is 10.0. The molecule has 0 bridgehead atoms.